The molecule has 0 aromatic carbocycles. The molecule has 6 heteroatoms. The number of nitrogens with one attached hydrogen (secondary N) is 1. The van der Waals surface area contributed by atoms with E-state index >= 15 is 0 Å². The van der Waals surface area contributed by atoms with Gasteiger partial charge in [0.25, 0.3) is 0 Å². The lowest BCUT2D eigenvalue weighted by atomic mass is 9.90. The molecule has 1 aliphatic rings. The molecule has 0 saturated heterocycles. The minimum atomic E-state index is 0.293. The van der Waals surface area contributed by atoms with E-state index in [0.29, 0.717) is 12.6 Å². The molecule has 26 heavy (non-hydrogen) atoms. The van der Waals surface area contributed by atoms with Gasteiger partial charge >= 0.3 is 0 Å². The lowest BCUT2D eigenvalue weighted by Gasteiger charge is -2.35. The molecule has 4 rings (SSSR count). The highest BCUT2D eigenvalue weighted by atomic mass is 35.5. The van der Waals surface area contributed by atoms with Gasteiger partial charge in [0.1, 0.15) is 0 Å². The third-order valence-electron chi connectivity index (χ3n) is 5.02. The summed E-state index contributed by atoms with van der Waals surface area (Å²) in [6.07, 6.45) is 11.6. The van der Waals surface area contributed by atoms with E-state index in [-0.39, 0.29) is 0 Å². The molecule has 5 nitrogen and oxygen atoms in total. The topological polar surface area (TPSA) is 57.7 Å². The summed E-state index contributed by atoms with van der Waals surface area (Å²) in [4.78, 5) is 19.0. The van der Waals surface area contributed by atoms with Crippen LogP contribution in [0.2, 0.25) is 5.02 Å². The number of hydrogen-bond acceptors (Lipinski definition) is 4. The Morgan fingerprint density at radius 3 is 2.92 bits per heavy atom. The van der Waals surface area contributed by atoms with Crippen LogP contribution in [0.1, 0.15) is 41.5 Å². The van der Waals surface area contributed by atoms with Crippen molar-refractivity contribution in [1.82, 2.24) is 24.8 Å². The van der Waals surface area contributed by atoms with E-state index in [1.807, 2.05) is 30.6 Å². The molecule has 1 atom stereocenters. The quantitative estimate of drug-likeness (QED) is 0.716. The van der Waals surface area contributed by atoms with Crippen molar-refractivity contribution in [3.05, 3.63) is 76.9 Å². The fourth-order valence-electron chi connectivity index (χ4n) is 3.70. The van der Waals surface area contributed by atoms with Crippen molar-refractivity contribution >= 4 is 11.6 Å². The number of pyridine rings is 2. The van der Waals surface area contributed by atoms with Gasteiger partial charge in [-0.1, -0.05) is 17.7 Å². The summed E-state index contributed by atoms with van der Waals surface area (Å²) >= 11 is 6.39. The predicted molar refractivity (Wildman–Crippen MR) is 102 cm³/mol. The zero-order valence-corrected chi connectivity index (χ0v) is 15.4. The molecule has 1 N–H and O–H groups in total. The van der Waals surface area contributed by atoms with Crippen LogP contribution in [0.5, 0.6) is 0 Å². The number of imidazole rings is 1. The van der Waals surface area contributed by atoms with Gasteiger partial charge in [0, 0.05) is 43.8 Å². The van der Waals surface area contributed by atoms with E-state index in [9.17, 15) is 0 Å². The molecular weight excluding hydrogens is 346 g/mol. The van der Waals surface area contributed by atoms with Gasteiger partial charge in [-0.2, -0.15) is 0 Å². The maximum Gasteiger partial charge on any atom is 0.0921 e. The van der Waals surface area contributed by atoms with Crippen LogP contribution < -0.4 is 0 Å². The maximum absolute atomic E-state index is 6.39. The predicted octanol–water partition coefficient (Wildman–Crippen LogP) is 3.98. The van der Waals surface area contributed by atoms with Crippen molar-refractivity contribution in [2.45, 2.75) is 38.3 Å². The van der Waals surface area contributed by atoms with Crippen molar-refractivity contribution in [2.24, 2.45) is 0 Å². The summed E-state index contributed by atoms with van der Waals surface area (Å²) in [6, 6.07) is 8.31. The number of fused-ring (bicyclic) bond motifs is 1. The molecule has 0 fully saturated rings. The maximum atomic E-state index is 6.39. The van der Waals surface area contributed by atoms with Crippen molar-refractivity contribution in [3.63, 3.8) is 0 Å². The normalized spacial score (nSPS) is 16.6. The molecule has 0 unspecified atom stereocenters. The van der Waals surface area contributed by atoms with Gasteiger partial charge in [0.2, 0.25) is 0 Å². The fraction of sp³-hybridized carbons (Fsp3) is 0.350. The highest BCUT2D eigenvalue weighted by Gasteiger charge is 2.27. The van der Waals surface area contributed by atoms with Crippen LogP contribution in [0.25, 0.3) is 0 Å². The van der Waals surface area contributed by atoms with Crippen LogP contribution in [0.15, 0.2) is 49.2 Å². The number of halogens is 1. The lowest BCUT2D eigenvalue weighted by molar-refractivity contribution is 0.165. The molecule has 0 saturated carbocycles. The highest BCUT2D eigenvalue weighted by Crippen LogP contribution is 2.34. The van der Waals surface area contributed by atoms with E-state index in [4.69, 9.17) is 16.6 Å². The fourth-order valence-corrected chi connectivity index (χ4v) is 3.88. The standard InChI is InChI=1S/C20H22ClN5/c21-17-6-3-9-23-18(17)13-26(11-8-16-12-22-14-25-16)19-7-1-4-15-5-2-10-24-20(15)19/h2-3,5-6,9-10,12,14,19H,1,4,7-8,11,13H2,(H,22,25)/t19-/m0/s1. The second kappa shape index (κ2) is 7.98. The second-order valence-corrected chi connectivity index (χ2v) is 7.09. The zero-order valence-electron chi connectivity index (χ0n) is 14.6. The van der Waals surface area contributed by atoms with E-state index in [2.05, 4.69) is 25.9 Å². The van der Waals surface area contributed by atoms with Crippen LogP contribution in [-0.4, -0.2) is 31.4 Å². The van der Waals surface area contributed by atoms with Gasteiger partial charge in [-0.05, 0) is 43.0 Å². The number of aromatic amines is 1. The van der Waals surface area contributed by atoms with Gasteiger partial charge in [-0.3, -0.25) is 14.9 Å². The van der Waals surface area contributed by atoms with Crippen LogP contribution in [0.3, 0.4) is 0 Å². The second-order valence-electron chi connectivity index (χ2n) is 6.69. The summed E-state index contributed by atoms with van der Waals surface area (Å²) < 4.78 is 0. The van der Waals surface area contributed by atoms with Crippen molar-refractivity contribution in [2.75, 3.05) is 6.54 Å². The van der Waals surface area contributed by atoms with Crippen LogP contribution in [0, 0.1) is 0 Å². The van der Waals surface area contributed by atoms with Gasteiger partial charge in [-0.25, -0.2) is 4.98 Å². The van der Waals surface area contributed by atoms with Crippen LogP contribution >= 0.6 is 11.6 Å². The lowest BCUT2D eigenvalue weighted by Crippen LogP contribution is -2.33. The number of aryl methyl sites for hydroxylation is 1. The minimum Gasteiger partial charge on any atom is -0.348 e. The van der Waals surface area contributed by atoms with Crippen LogP contribution in [-0.2, 0) is 19.4 Å². The summed E-state index contributed by atoms with van der Waals surface area (Å²) in [6.45, 7) is 1.62. The number of rotatable bonds is 6. The number of nitrogens with zero attached hydrogens (tertiary/aromatic N) is 4. The summed E-state index contributed by atoms with van der Waals surface area (Å²) in [5, 5.41) is 0.719. The third kappa shape index (κ3) is 3.79. The molecular formula is C20H22ClN5. The molecule has 0 amide bonds. The Balaban J connectivity index is 1.61. The van der Waals surface area contributed by atoms with Crippen molar-refractivity contribution in [1.29, 1.82) is 0 Å². The molecule has 0 bridgehead atoms. The number of hydrogen-bond donors (Lipinski definition) is 1. The Hall–Kier alpha value is -2.24. The minimum absolute atomic E-state index is 0.293. The van der Waals surface area contributed by atoms with Crippen molar-refractivity contribution < 1.29 is 0 Å². The Kier molecular flexibility index (Phi) is 5.27. The van der Waals surface area contributed by atoms with E-state index < -0.39 is 0 Å². The smallest absolute Gasteiger partial charge is 0.0921 e. The first-order chi connectivity index (χ1) is 12.8. The zero-order chi connectivity index (χ0) is 17.8. The average molecular weight is 368 g/mol. The van der Waals surface area contributed by atoms with E-state index in [1.165, 1.54) is 17.7 Å². The number of aromatic nitrogens is 4. The Bertz CT molecular complexity index is 849. The molecule has 3 aromatic rings. The third-order valence-corrected chi connectivity index (χ3v) is 5.36. The van der Waals surface area contributed by atoms with Gasteiger partial charge in [-0.15, -0.1) is 0 Å². The van der Waals surface area contributed by atoms with Crippen LogP contribution in [0.4, 0.5) is 0 Å². The molecule has 0 spiro atoms. The summed E-state index contributed by atoms with van der Waals surface area (Å²) in [5.74, 6) is 0. The molecule has 0 radical (unpaired) electrons. The largest absolute Gasteiger partial charge is 0.348 e. The Morgan fingerprint density at radius 1 is 1.19 bits per heavy atom. The Labute approximate surface area is 158 Å². The molecule has 134 valence electrons. The van der Waals surface area contributed by atoms with Gasteiger partial charge < -0.3 is 4.98 Å². The molecule has 3 aromatic heterocycles. The molecule has 0 aliphatic heterocycles. The number of H-pyrrole nitrogens is 1. The monoisotopic (exact) mass is 367 g/mol. The average Bonchev–Trinajstić information content (AvgIpc) is 3.20. The van der Waals surface area contributed by atoms with E-state index in [1.54, 1.807) is 12.5 Å². The van der Waals surface area contributed by atoms with Crippen molar-refractivity contribution in [3.8, 4) is 0 Å². The SMILES string of the molecule is Clc1cccnc1CN(CCc1cnc[nH]1)[C@H]1CCCc2cccnc21. The summed E-state index contributed by atoms with van der Waals surface area (Å²) in [7, 11) is 0. The first kappa shape index (κ1) is 17.2. The van der Waals surface area contributed by atoms with E-state index in [0.717, 1.165) is 42.2 Å². The van der Waals surface area contributed by atoms with Gasteiger partial charge in [0.15, 0.2) is 0 Å². The Morgan fingerprint density at radius 2 is 2.08 bits per heavy atom. The molecule has 1 aliphatic carbocycles. The molecule has 3 heterocycles. The summed E-state index contributed by atoms with van der Waals surface area (Å²) in [5.41, 5.74) is 4.62. The highest BCUT2D eigenvalue weighted by molar-refractivity contribution is 6.31. The first-order valence-corrected chi connectivity index (χ1v) is 9.43. The van der Waals surface area contributed by atoms with Gasteiger partial charge in [0.05, 0.1) is 28.8 Å². The first-order valence-electron chi connectivity index (χ1n) is 9.06.